The van der Waals surface area contributed by atoms with Crippen LogP contribution in [0.15, 0.2) is 47.2 Å². The smallest absolute Gasteiger partial charge is 0.411 e. The molecular weight excluding hydrogens is 1070 g/mol. The molecule has 18 nitrogen and oxygen atoms in total. The van der Waals surface area contributed by atoms with E-state index in [2.05, 4.69) is 37.7 Å². The predicted molar refractivity (Wildman–Crippen MR) is 290 cm³/mol. The van der Waals surface area contributed by atoms with Crippen LogP contribution in [-0.2, 0) is 19.1 Å². The number of carbonyl (C=O) groups excluding carboxylic acids is 2. The maximum Gasteiger partial charge on any atom is 0.411 e. The van der Waals surface area contributed by atoms with Crippen molar-refractivity contribution in [2.75, 3.05) is 27.3 Å². The van der Waals surface area contributed by atoms with Crippen molar-refractivity contribution < 1.29 is 58.2 Å². The normalized spacial score (nSPS) is 17.6. The molecule has 4 atom stereocenters. The number of aromatic nitrogens is 4. The van der Waals surface area contributed by atoms with Gasteiger partial charge in [-0.2, -0.15) is 0 Å². The Bertz CT molecular complexity index is 3070. The van der Waals surface area contributed by atoms with E-state index in [4.69, 9.17) is 73.6 Å². The SMILES string of the molecule is CC(C)(C)OC(=O)N1C[C@H](O)C[C@H]1C(=O)O.COc1ccc2c(Cl)cc(-c3nc(C(C)C)cs3)nc2c1Cl.COc1ccc2c(O[C@@H]3C[C@@H](C(=O)O)N(C(=O)OC(C)(C)C)C3)cc(-c3nc(C(C)C)cs3)nc2c1Cl. The molecule has 2 aliphatic heterocycles. The molecule has 2 amide bonds. The van der Waals surface area contributed by atoms with Crippen molar-refractivity contribution in [1.29, 1.82) is 0 Å². The molecule has 4 aromatic heterocycles. The number of aliphatic carboxylic acids is 2. The molecule has 8 rings (SSSR count). The van der Waals surface area contributed by atoms with Crippen LogP contribution in [0.2, 0.25) is 15.1 Å². The first-order chi connectivity index (χ1) is 35.1. The van der Waals surface area contributed by atoms with Gasteiger partial charge in [0.05, 0.1) is 60.9 Å². The highest BCUT2D eigenvalue weighted by atomic mass is 35.5. The highest BCUT2D eigenvalue weighted by molar-refractivity contribution is 7.13. The van der Waals surface area contributed by atoms with Crippen molar-refractivity contribution in [3.8, 4) is 38.7 Å². The van der Waals surface area contributed by atoms with Gasteiger partial charge < -0.3 is 39.0 Å². The van der Waals surface area contributed by atoms with E-state index in [1.165, 1.54) is 23.3 Å². The molecule has 3 N–H and O–H groups in total. The Morgan fingerprint density at radius 1 is 0.640 bits per heavy atom. The predicted octanol–water partition coefficient (Wildman–Crippen LogP) is 12.2. The summed E-state index contributed by atoms with van der Waals surface area (Å²) in [6, 6.07) is 8.71. The Morgan fingerprint density at radius 3 is 1.52 bits per heavy atom. The maximum absolute atomic E-state index is 12.7. The van der Waals surface area contributed by atoms with Crippen LogP contribution in [0, 0.1) is 0 Å². The molecule has 0 aliphatic carbocycles. The third-order valence-electron chi connectivity index (χ3n) is 11.4. The number of halogens is 3. The number of methoxy groups -OCH3 is 2. The molecule has 2 fully saturated rings. The summed E-state index contributed by atoms with van der Waals surface area (Å²) in [6.07, 6.45) is -2.62. The second-order valence-electron chi connectivity index (χ2n) is 20.3. The van der Waals surface area contributed by atoms with Gasteiger partial charge in [-0.05, 0) is 83.7 Å². The quantitative estimate of drug-likeness (QED) is 0.116. The lowest BCUT2D eigenvalue weighted by Crippen LogP contribution is -2.43. The van der Waals surface area contributed by atoms with Crippen molar-refractivity contribution in [3.63, 3.8) is 0 Å². The third kappa shape index (κ3) is 14.4. The van der Waals surface area contributed by atoms with Crippen LogP contribution >= 0.6 is 57.5 Å². The molecule has 75 heavy (non-hydrogen) atoms. The van der Waals surface area contributed by atoms with Crippen LogP contribution in [-0.4, -0.2) is 132 Å². The van der Waals surface area contributed by atoms with E-state index < -0.39 is 59.6 Å². The van der Waals surface area contributed by atoms with Crippen LogP contribution < -0.4 is 14.2 Å². The van der Waals surface area contributed by atoms with Gasteiger partial charge in [-0.15, -0.1) is 22.7 Å². The second kappa shape index (κ2) is 24.1. The number of ether oxygens (including phenoxy) is 5. The number of amides is 2. The Hall–Kier alpha value is -5.77. The number of pyridine rings is 2. The summed E-state index contributed by atoms with van der Waals surface area (Å²) in [5, 5.41) is 36.4. The standard InChI is InChI=1S/C26H30ClN3O6S.C16H14Cl2N2OS.C10H17NO5/c1-13(2)17-12-37-23(29-17)16-10-20(15-7-8-19(34-6)21(27)22(15)28-16)35-14-9-18(24(31)32)30(11-14)25(33)36-26(3,4)5;1-8(2)12-7-22-16(20-12)11-6-10(17)9-4-5-13(21-3)14(18)15(9)19-11;1-10(2,3)16-9(15)11-5-6(12)4-7(11)8(13)14/h7-8,10,12-14,18H,9,11H2,1-6H3,(H,31,32);4-8H,1-3H3;6-7,12H,4-5H2,1-3H3,(H,13,14)/t14-,18+;;6-,7+/m1.1/s1. The fourth-order valence-electron chi connectivity index (χ4n) is 7.77. The Kier molecular flexibility index (Phi) is 18.8. The summed E-state index contributed by atoms with van der Waals surface area (Å²) < 4.78 is 27.5. The number of carbonyl (C=O) groups is 4. The molecule has 0 bridgehead atoms. The zero-order valence-corrected chi connectivity index (χ0v) is 47.5. The zero-order chi connectivity index (χ0) is 55.4. The van der Waals surface area contributed by atoms with Gasteiger partial charge in [-0.3, -0.25) is 9.80 Å². The van der Waals surface area contributed by atoms with Gasteiger partial charge >= 0.3 is 24.1 Å². The van der Waals surface area contributed by atoms with Gasteiger partial charge in [-0.1, -0.05) is 62.5 Å². The number of rotatable bonds is 10. The number of β-amino-alcohol motifs (C(OH)–C–C–N with tert-alkyl or cyclic N) is 1. The number of thiazole rings is 2. The summed E-state index contributed by atoms with van der Waals surface area (Å²) in [7, 11) is 3.11. The molecule has 0 spiro atoms. The summed E-state index contributed by atoms with van der Waals surface area (Å²) in [4.78, 5) is 68.2. The number of benzene rings is 2. The Morgan fingerprint density at radius 2 is 1.08 bits per heavy atom. The number of hydrogen-bond donors (Lipinski definition) is 3. The molecule has 2 saturated heterocycles. The van der Waals surface area contributed by atoms with Gasteiger partial charge in [0, 0.05) is 40.4 Å². The van der Waals surface area contributed by atoms with E-state index in [-0.39, 0.29) is 31.8 Å². The van der Waals surface area contributed by atoms with E-state index in [1.54, 1.807) is 84.3 Å². The number of nitrogens with zero attached hydrogens (tertiary/aromatic N) is 6. The molecule has 23 heteroatoms. The number of hydrogen-bond acceptors (Lipinski definition) is 16. The number of carboxylic acid groups (broad SMARTS) is 2. The summed E-state index contributed by atoms with van der Waals surface area (Å²) in [6.45, 7) is 18.7. The lowest BCUT2D eigenvalue weighted by atomic mass is 10.1. The minimum absolute atomic E-state index is 0.00583. The monoisotopic (exact) mass is 1130 g/mol. The van der Waals surface area contributed by atoms with Crippen LogP contribution in [0.1, 0.15) is 105 Å². The van der Waals surface area contributed by atoms with Gasteiger partial charge in [0.2, 0.25) is 0 Å². The molecular formula is C52H61Cl3N6O12S2. The van der Waals surface area contributed by atoms with Crippen molar-refractivity contribution in [2.45, 2.75) is 129 Å². The van der Waals surface area contributed by atoms with Crippen LogP contribution in [0.3, 0.4) is 0 Å². The molecule has 0 saturated carbocycles. The van der Waals surface area contributed by atoms with Crippen LogP contribution in [0.25, 0.3) is 43.2 Å². The largest absolute Gasteiger partial charge is 0.495 e. The topological polar surface area (TPSA) is 233 Å². The van der Waals surface area contributed by atoms with Crippen molar-refractivity contribution >= 4 is 103 Å². The second-order valence-corrected chi connectivity index (χ2v) is 23.1. The number of aliphatic hydroxyl groups excluding tert-OH is 1. The molecule has 2 aromatic carbocycles. The first kappa shape index (κ1) is 58.5. The van der Waals surface area contributed by atoms with E-state index in [9.17, 15) is 29.4 Å². The fourth-order valence-corrected chi connectivity index (χ4v) is 10.5. The average molecular weight is 1130 g/mol. The van der Waals surface area contributed by atoms with Crippen molar-refractivity contribution in [3.05, 3.63) is 73.6 Å². The summed E-state index contributed by atoms with van der Waals surface area (Å²) in [5.74, 6) is -0.0891. The van der Waals surface area contributed by atoms with E-state index in [1.807, 2.05) is 22.9 Å². The molecule has 404 valence electrons. The third-order valence-corrected chi connectivity index (χ3v) is 14.3. The van der Waals surface area contributed by atoms with Crippen molar-refractivity contribution in [2.24, 2.45) is 0 Å². The van der Waals surface area contributed by atoms with Gasteiger partial charge in [0.15, 0.2) is 0 Å². The highest BCUT2D eigenvalue weighted by Crippen LogP contribution is 2.41. The molecule has 0 radical (unpaired) electrons. The van der Waals surface area contributed by atoms with Crippen molar-refractivity contribution in [1.82, 2.24) is 29.7 Å². The average Bonchev–Trinajstić information content (AvgIpc) is 4.16. The number of aliphatic hydroxyl groups is 1. The minimum Gasteiger partial charge on any atom is -0.495 e. The first-order valence-electron chi connectivity index (χ1n) is 23.8. The lowest BCUT2D eigenvalue weighted by Gasteiger charge is -2.26. The number of fused-ring (bicyclic) bond motifs is 2. The van der Waals surface area contributed by atoms with Crippen LogP contribution in [0.4, 0.5) is 9.59 Å². The molecule has 2 aliphatic rings. The summed E-state index contributed by atoms with van der Waals surface area (Å²) in [5.41, 5.74) is 2.98. The zero-order valence-electron chi connectivity index (χ0n) is 43.6. The maximum atomic E-state index is 12.7. The van der Waals surface area contributed by atoms with Gasteiger partial charge in [0.25, 0.3) is 0 Å². The molecule has 6 heterocycles. The van der Waals surface area contributed by atoms with E-state index in [0.717, 1.165) is 32.4 Å². The summed E-state index contributed by atoms with van der Waals surface area (Å²) >= 11 is 22.4. The van der Waals surface area contributed by atoms with E-state index in [0.29, 0.717) is 65.4 Å². The van der Waals surface area contributed by atoms with Gasteiger partial charge in [-0.25, -0.2) is 39.1 Å². The van der Waals surface area contributed by atoms with E-state index >= 15 is 0 Å². The number of likely N-dealkylation sites (tertiary alicyclic amines) is 2. The lowest BCUT2D eigenvalue weighted by molar-refractivity contribution is -0.142. The first-order valence-corrected chi connectivity index (χ1v) is 26.7. The molecule has 6 aromatic rings. The fraction of sp³-hybridized carbons (Fsp3) is 0.462. The Balaban J connectivity index is 0.000000203. The molecule has 0 unspecified atom stereocenters. The van der Waals surface area contributed by atoms with Gasteiger partial charge in [0.1, 0.15) is 78.1 Å². The highest BCUT2D eigenvalue weighted by Gasteiger charge is 2.43. The number of carboxylic acids is 2. The van der Waals surface area contributed by atoms with Crippen LogP contribution in [0.5, 0.6) is 17.2 Å². The Labute approximate surface area is 457 Å². The minimum atomic E-state index is -1.12.